The minimum atomic E-state index is -1.79. The first-order valence-corrected chi connectivity index (χ1v) is 5.49. The van der Waals surface area contributed by atoms with Gasteiger partial charge in [-0.25, -0.2) is 4.39 Å². The molecule has 2 rings (SSSR count). The van der Waals surface area contributed by atoms with Crippen molar-refractivity contribution in [2.45, 2.75) is 12.1 Å². The Kier molecular flexibility index (Phi) is 3.28. The normalized spacial score (nSPS) is 23.4. The molecule has 1 aliphatic heterocycles. The number of hydrogen-bond donors (Lipinski definition) is 2. The quantitative estimate of drug-likeness (QED) is 0.835. The number of benzene rings is 1. The van der Waals surface area contributed by atoms with E-state index in [-0.39, 0.29) is 13.0 Å². The number of nitrogens with one attached hydrogen (secondary N) is 2. The largest absolute Gasteiger partial charge is 0.497 e. The van der Waals surface area contributed by atoms with Crippen LogP contribution in [0.15, 0.2) is 24.3 Å². The Morgan fingerprint density at radius 2 is 2.18 bits per heavy atom. The van der Waals surface area contributed by atoms with Crippen molar-refractivity contribution >= 4 is 11.6 Å². The van der Waals surface area contributed by atoms with E-state index in [0.717, 1.165) is 0 Å². The molecule has 1 saturated heterocycles. The lowest BCUT2D eigenvalue weighted by Crippen LogP contribution is -2.40. The van der Waals surface area contributed by atoms with Crippen LogP contribution in [0.4, 0.5) is 10.1 Å². The third-order valence-corrected chi connectivity index (χ3v) is 2.86. The summed E-state index contributed by atoms with van der Waals surface area (Å²) in [4.78, 5) is 11.7. The highest BCUT2D eigenvalue weighted by atomic mass is 19.1. The maximum absolute atomic E-state index is 14.0. The van der Waals surface area contributed by atoms with Crippen molar-refractivity contribution in [3.8, 4) is 5.75 Å². The molecular formula is C12H15FN2O2. The topological polar surface area (TPSA) is 50.4 Å². The molecular weight excluding hydrogens is 223 g/mol. The second-order valence-electron chi connectivity index (χ2n) is 4.07. The highest BCUT2D eigenvalue weighted by Crippen LogP contribution is 2.23. The van der Waals surface area contributed by atoms with Gasteiger partial charge in [0.25, 0.3) is 5.91 Å². The van der Waals surface area contributed by atoms with Gasteiger partial charge in [-0.05, 0) is 30.8 Å². The standard InChI is InChI=1S/C12H15FN2O2/c1-17-10-4-2-9(3-5-10)15-11(16)12(13)6-7-14-8-12/h2-5,14H,6-8H2,1H3,(H,15,16). The van der Waals surface area contributed by atoms with Crippen molar-refractivity contribution in [2.75, 3.05) is 25.5 Å². The zero-order valence-corrected chi connectivity index (χ0v) is 9.63. The van der Waals surface area contributed by atoms with Crippen molar-refractivity contribution in [2.24, 2.45) is 0 Å². The number of halogens is 1. The van der Waals surface area contributed by atoms with Gasteiger partial charge in [0.05, 0.1) is 7.11 Å². The van der Waals surface area contributed by atoms with Crippen LogP contribution in [0.1, 0.15) is 6.42 Å². The van der Waals surface area contributed by atoms with Crippen molar-refractivity contribution < 1.29 is 13.9 Å². The lowest BCUT2D eigenvalue weighted by Gasteiger charge is -2.17. The Morgan fingerprint density at radius 1 is 1.47 bits per heavy atom. The van der Waals surface area contributed by atoms with Crippen LogP contribution in [0.3, 0.4) is 0 Å². The monoisotopic (exact) mass is 238 g/mol. The maximum Gasteiger partial charge on any atom is 0.263 e. The number of carbonyl (C=O) groups is 1. The van der Waals surface area contributed by atoms with E-state index < -0.39 is 11.6 Å². The van der Waals surface area contributed by atoms with Gasteiger partial charge in [-0.3, -0.25) is 4.79 Å². The minimum absolute atomic E-state index is 0.0784. The number of ether oxygens (including phenoxy) is 1. The Bertz CT molecular complexity index is 399. The van der Waals surface area contributed by atoms with Crippen molar-refractivity contribution in [3.63, 3.8) is 0 Å². The summed E-state index contributed by atoms with van der Waals surface area (Å²) < 4.78 is 19.0. The summed E-state index contributed by atoms with van der Waals surface area (Å²) in [7, 11) is 1.56. The van der Waals surface area contributed by atoms with Crippen LogP contribution in [-0.4, -0.2) is 31.8 Å². The number of methoxy groups -OCH3 is 1. The molecule has 1 aromatic rings. The van der Waals surface area contributed by atoms with Gasteiger partial charge in [-0.1, -0.05) is 0 Å². The molecule has 2 N–H and O–H groups in total. The Hall–Kier alpha value is -1.62. The molecule has 4 nitrogen and oxygen atoms in total. The third kappa shape index (κ3) is 2.55. The summed E-state index contributed by atoms with van der Waals surface area (Å²) >= 11 is 0. The summed E-state index contributed by atoms with van der Waals surface area (Å²) in [5.74, 6) is 0.105. The molecule has 1 heterocycles. The van der Waals surface area contributed by atoms with Gasteiger partial charge in [0.1, 0.15) is 5.75 Å². The van der Waals surface area contributed by atoms with E-state index in [1.807, 2.05) is 0 Å². The predicted octanol–water partition coefficient (Wildman–Crippen LogP) is 1.34. The minimum Gasteiger partial charge on any atom is -0.497 e. The van der Waals surface area contributed by atoms with Gasteiger partial charge in [0.2, 0.25) is 5.67 Å². The molecule has 1 aromatic carbocycles. The van der Waals surface area contributed by atoms with Crippen molar-refractivity contribution in [1.29, 1.82) is 0 Å². The molecule has 17 heavy (non-hydrogen) atoms. The molecule has 0 spiro atoms. The highest BCUT2D eigenvalue weighted by molar-refractivity contribution is 5.97. The van der Waals surface area contributed by atoms with Gasteiger partial charge in [0, 0.05) is 18.7 Å². The van der Waals surface area contributed by atoms with Gasteiger partial charge in [-0.15, -0.1) is 0 Å². The van der Waals surface area contributed by atoms with Crippen molar-refractivity contribution in [1.82, 2.24) is 5.32 Å². The lowest BCUT2D eigenvalue weighted by atomic mass is 10.0. The first-order valence-electron chi connectivity index (χ1n) is 5.49. The van der Waals surface area contributed by atoms with E-state index in [1.165, 1.54) is 0 Å². The summed E-state index contributed by atoms with van der Waals surface area (Å²) in [5.41, 5.74) is -1.22. The van der Waals surface area contributed by atoms with Crippen LogP contribution in [0.25, 0.3) is 0 Å². The van der Waals surface area contributed by atoms with Crippen LogP contribution in [0.5, 0.6) is 5.75 Å². The predicted molar refractivity (Wildman–Crippen MR) is 62.9 cm³/mol. The van der Waals surface area contributed by atoms with Crippen LogP contribution in [0, 0.1) is 0 Å². The highest BCUT2D eigenvalue weighted by Gasteiger charge is 2.41. The fourth-order valence-corrected chi connectivity index (χ4v) is 1.77. The number of rotatable bonds is 3. The Balaban J connectivity index is 2.02. The van der Waals surface area contributed by atoms with E-state index in [4.69, 9.17) is 4.74 Å². The van der Waals surface area contributed by atoms with Crippen LogP contribution < -0.4 is 15.4 Å². The van der Waals surface area contributed by atoms with Gasteiger partial charge >= 0.3 is 0 Å². The van der Waals surface area contributed by atoms with E-state index in [9.17, 15) is 9.18 Å². The molecule has 5 heteroatoms. The van der Waals surface area contributed by atoms with Crippen LogP contribution in [-0.2, 0) is 4.79 Å². The lowest BCUT2D eigenvalue weighted by molar-refractivity contribution is -0.126. The molecule has 0 radical (unpaired) electrons. The van der Waals surface area contributed by atoms with Crippen molar-refractivity contribution in [3.05, 3.63) is 24.3 Å². The fourth-order valence-electron chi connectivity index (χ4n) is 1.77. The second-order valence-corrected chi connectivity index (χ2v) is 4.07. The Labute approximate surface area is 99.2 Å². The van der Waals surface area contributed by atoms with Gasteiger partial charge in [0.15, 0.2) is 0 Å². The molecule has 1 atom stereocenters. The number of carbonyl (C=O) groups excluding carboxylic acids is 1. The molecule has 0 aliphatic carbocycles. The van der Waals surface area contributed by atoms with Gasteiger partial charge < -0.3 is 15.4 Å². The number of hydrogen-bond acceptors (Lipinski definition) is 3. The van der Waals surface area contributed by atoms with E-state index in [0.29, 0.717) is 18.0 Å². The number of alkyl halides is 1. The van der Waals surface area contributed by atoms with E-state index in [2.05, 4.69) is 10.6 Å². The summed E-state index contributed by atoms with van der Waals surface area (Å²) in [6.07, 6.45) is 0.217. The maximum atomic E-state index is 14.0. The molecule has 1 aliphatic rings. The first-order chi connectivity index (χ1) is 8.14. The Morgan fingerprint density at radius 3 is 2.71 bits per heavy atom. The zero-order valence-electron chi connectivity index (χ0n) is 9.63. The van der Waals surface area contributed by atoms with E-state index in [1.54, 1.807) is 31.4 Å². The fraction of sp³-hybridized carbons (Fsp3) is 0.417. The molecule has 0 aromatic heterocycles. The van der Waals surface area contributed by atoms with Crippen LogP contribution >= 0.6 is 0 Å². The molecule has 92 valence electrons. The van der Waals surface area contributed by atoms with Gasteiger partial charge in [-0.2, -0.15) is 0 Å². The average Bonchev–Trinajstić information content (AvgIpc) is 2.78. The molecule has 0 saturated carbocycles. The summed E-state index contributed by atoms with van der Waals surface area (Å²) in [5, 5.41) is 5.41. The molecule has 0 bridgehead atoms. The number of anilines is 1. The smallest absolute Gasteiger partial charge is 0.263 e. The molecule has 1 fully saturated rings. The molecule has 1 amide bonds. The SMILES string of the molecule is COc1ccc(NC(=O)C2(F)CCNC2)cc1. The first kappa shape index (κ1) is 11.9. The second kappa shape index (κ2) is 4.71. The average molecular weight is 238 g/mol. The van der Waals surface area contributed by atoms with E-state index >= 15 is 0 Å². The zero-order chi connectivity index (χ0) is 12.3. The summed E-state index contributed by atoms with van der Waals surface area (Å²) in [6.45, 7) is 0.613. The summed E-state index contributed by atoms with van der Waals surface area (Å²) in [6, 6.07) is 6.80. The molecule has 1 unspecified atom stereocenters. The third-order valence-electron chi connectivity index (χ3n) is 2.86. The number of amides is 1. The van der Waals surface area contributed by atoms with Crippen LogP contribution in [0.2, 0.25) is 0 Å².